The number of anilines is 2. The number of nitrogens with zero attached hydrogens (tertiary/aromatic N) is 3. The van der Waals surface area contributed by atoms with Gasteiger partial charge < -0.3 is 24.6 Å². The van der Waals surface area contributed by atoms with Gasteiger partial charge in [0.05, 0.1) is 11.9 Å². The van der Waals surface area contributed by atoms with Gasteiger partial charge in [0.1, 0.15) is 5.82 Å². The second kappa shape index (κ2) is 7.73. The number of urea groups is 1. The monoisotopic (exact) mass is 368 g/mol. The number of nitrogens with one attached hydrogen (secondary N) is 1. The number of aromatic nitrogens is 1. The minimum atomic E-state index is -0.147. The summed E-state index contributed by atoms with van der Waals surface area (Å²) in [5.41, 5.74) is 1.70. The topological polar surface area (TPSA) is 66.9 Å². The first kappa shape index (κ1) is 17.5. The molecule has 2 aliphatic rings. The average Bonchev–Trinajstić information content (AvgIpc) is 3.38. The third kappa shape index (κ3) is 3.92. The standard InChI is InChI=1S/C20H24N4O3/c1-2-23(13-15-5-7-17-18(11-15)27-14-26-17)20(25)22-16-6-8-19(21-12-16)24-9-3-4-10-24/h5-8,11-12H,2-4,9-10,13-14H2,1H3,(H,22,25). The maximum Gasteiger partial charge on any atom is 0.322 e. The maximum atomic E-state index is 12.6. The fraction of sp³-hybridized carbons (Fsp3) is 0.400. The second-order valence-electron chi connectivity index (χ2n) is 6.73. The lowest BCUT2D eigenvalue weighted by atomic mass is 10.2. The van der Waals surface area contributed by atoms with Crippen molar-refractivity contribution in [3.63, 3.8) is 0 Å². The third-order valence-corrected chi connectivity index (χ3v) is 4.91. The number of carbonyl (C=O) groups is 1. The van der Waals surface area contributed by atoms with Crippen molar-refractivity contribution in [2.45, 2.75) is 26.3 Å². The van der Waals surface area contributed by atoms with Crippen molar-refractivity contribution in [3.8, 4) is 11.5 Å². The fourth-order valence-corrected chi connectivity index (χ4v) is 3.38. The maximum absolute atomic E-state index is 12.6. The highest BCUT2D eigenvalue weighted by molar-refractivity contribution is 5.89. The van der Waals surface area contributed by atoms with E-state index in [1.807, 2.05) is 37.3 Å². The summed E-state index contributed by atoms with van der Waals surface area (Å²) in [6.07, 6.45) is 4.15. The van der Waals surface area contributed by atoms with Gasteiger partial charge in [0, 0.05) is 26.2 Å². The average molecular weight is 368 g/mol. The van der Waals surface area contributed by atoms with E-state index in [0.29, 0.717) is 18.8 Å². The highest BCUT2D eigenvalue weighted by atomic mass is 16.7. The van der Waals surface area contributed by atoms with Gasteiger partial charge in [-0.25, -0.2) is 9.78 Å². The van der Waals surface area contributed by atoms with Crippen molar-refractivity contribution < 1.29 is 14.3 Å². The summed E-state index contributed by atoms with van der Waals surface area (Å²) < 4.78 is 10.7. The summed E-state index contributed by atoms with van der Waals surface area (Å²) in [5, 5.41) is 2.93. The van der Waals surface area contributed by atoms with Crippen molar-refractivity contribution >= 4 is 17.5 Å². The largest absolute Gasteiger partial charge is 0.454 e. The van der Waals surface area contributed by atoms with Gasteiger partial charge in [0.25, 0.3) is 0 Å². The molecule has 3 heterocycles. The molecule has 0 bridgehead atoms. The Morgan fingerprint density at radius 3 is 2.74 bits per heavy atom. The molecule has 2 aliphatic heterocycles. The Bertz CT molecular complexity index is 803. The van der Waals surface area contributed by atoms with Gasteiger partial charge >= 0.3 is 6.03 Å². The summed E-state index contributed by atoms with van der Waals surface area (Å²) in [6.45, 7) is 5.41. The van der Waals surface area contributed by atoms with Crippen LogP contribution >= 0.6 is 0 Å². The highest BCUT2D eigenvalue weighted by Gasteiger charge is 2.17. The number of hydrogen-bond acceptors (Lipinski definition) is 5. The molecular formula is C20H24N4O3. The molecule has 1 N–H and O–H groups in total. The molecule has 7 nitrogen and oxygen atoms in total. The van der Waals surface area contributed by atoms with Crippen molar-refractivity contribution in [1.82, 2.24) is 9.88 Å². The minimum Gasteiger partial charge on any atom is -0.454 e. The fourth-order valence-electron chi connectivity index (χ4n) is 3.38. The van der Waals surface area contributed by atoms with E-state index in [0.717, 1.165) is 36.0 Å². The van der Waals surface area contributed by atoms with E-state index >= 15 is 0 Å². The molecule has 0 saturated carbocycles. The molecule has 142 valence electrons. The Hall–Kier alpha value is -2.96. The zero-order valence-corrected chi connectivity index (χ0v) is 15.5. The van der Waals surface area contributed by atoms with Crippen LogP contribution < -0.4 is 19.7 Å². The predicted molar refractivity (Wildman–Crippen MR) is 103 cm³/mol. The number of benzene rings is 1. The Morgan fingerprint density at radius 1 is 1.19 bits per heavy atom. The van der Waals surface area contributed by atoms with Crippen LogP contribution in [0.25, 0.3) is 0 Å². The number of pyridine rings is 1. The smallest absolute Gasteiger partial charge is 0.322 e. The lowest BCUT2D eigenvalue weighted by Gasteiger charge is -2.22. The van der Waals surface area contributed by atoms with Crippen molar-refractivity contribution in [2.75, 3.05) is 36.6 Å². The Kier molecular flexibility index (Phi) is 5.00. The van der Waals surface area contributed by atoms with Gasteiger partial charge in [-0.2, -0.15) is 0 Å². The summed E-state index contributed by atoms with van der Waals surface area (Å²) in [7, 11) is 0. The van der Waals surface area contributed by atoms with Crippen LogP contribution in [-0.2, 0) is 6.54 Å². The molecule has 0 aliphatic carbocycles. The van der Waals surface area contributed by atoms with E-state index in [2.05, 4.69) is 15.2 Å². The SMILES string of the molecule is CCN(Cc1ccc2c(c1)OCO2)C(=O)Nc1ccc(N2CCCC2)nc1. The van der Waals surface area contributed by atoms with E-state index < -0.39 is 0 Å². The first-order valence-electron chi connectivity index (χ1n) is 9.38. The lowest BCUT2D eigenvalue weighted by Crippen LogP contribution is -2.34. The van der Waals surface area contributed by atoms with E-state index in [9.17, 15) is 4.79 Å². The summed E-state index contributed by atoms with van der Waals surface area (Å²) in [5.74, 6) is 2.44. The van der Waals surface area contributed by atoms with E-state index in [4.69, 9.17) is 9.47 Å². The molecule has 1 aromatic carbocycles. The minimum absolute atomic E-state index is 0.147. The van der Waals surface area contributed by atoms with E-state index in [1.54, 1.807) is 11.1 Å². The van der Waals surface area contributed by atoms with Gasteiger partial charge in [-0.3, -0.25) is 0 Å². The van der Waals surface area contributed by atoms with E-state index in [-0.39, 0.29) is 12.8 Å². The van der Waals surface area contributed by atoms with Crippen LogP contribution in [-0.4, -0.2) is 42.3 Å². The number of carbonyl (C=O) groups excluding carboxylic acids is 1. The second-order valence-corrected chi connectivity index (χ2v) is 6.73. The molecule has 7 heteroatoms. The lowest BCUT2D eigenvalue weighted by molar-refractivity contribution is 0.174. The molecule has 1 aromatic heterocycles. The van der Waals surface area contributed by atoms with Crippen LogP contribution in [0.15, 0.2) is 36.5 Å². The summed E-state index contributed by atoms with van der Waals surface area (Å²) in [6, 6.07) is 9.48. The van der Waals surface area contributed by atoms with Gasteiger partial charge in [-0.15, -0.1) is 0 Å². The highest BCUT2D eigenvalue weighted by Crippen LogP contribution is 2.32. The quantitative estimate of drug-likeness (QED) is 0.875. The summed E-state index contributed by atoms with van der Waals surface area (Å²) >= 11 is 0. The van der Waals surface area contributed by atoms with E-state index in [1.165, 1.54) is 12.8 Å². The van der Waals surface area contributed by atoms with Crippen molar-refractivity contribution in [3.05, 3.63) is 42.1 Å². The molecule has 1 saturated heterocycles. The molecule has 1 fully saturated rings. The van der Waals surface area contributed by atoms with Crippen LogP contribution in [0.2, 0.25) is 0 Å². The molecule has 2 amide bonds. The Morgan fingerprint density at radius 2 is 2.00 bits per heavy atom. The van der Waals surface area contributed by atoms with Gasteiger partial charge in [-0.1, -0.05) is 6.07 Å². The molecule has 27 heavy (non-hydrogen) atoms. The molecule has 0 radical (unpaired) electrons. The summed E-state index contributed by atoms with van der Waals surface area (Å²) in [4.78, 5) is 21.1. The van der Waals surface area contributed by atoms with Crippen molar-refractivity contribution in [1.29, 1.82) is 0 Å². The normalized spacial score (nSPS) is 15.1. The zero-order valence-electron chi connectivity index (χ0n) is 15.5. The first-order chi connectivity index (χ1) is 13.2. The Balaban J connectivity index is 1.38. The van der Waals surface area contributed by atoms with Crippen LogP contribution in [0.1, 0.15) is 25.3 Å². The number of rotatable bonds is 5. The van der Waals surface area contributed by atoms with Crippen LogP contribution in [0, 0.1) is 0 Å². The molecule has 0 unspecified atom stereocenters. The Labute approximate surface area is 158 Å². The predicted octanol–water partition coefficient (Wildman–Crippen LogP) is 3.46. The number of hydrogen-bond donors (Lipinski definition) is 1. The van der Waals surface area contributed by atoms with Gasteiger partial charge in [0.2, 0.25) is 6.79 Å². The zero-order chi connectivity index (χ0) is 18.6. The van der Waals surface area contributed by atoms with Crippen LogP contribution in [0.5, 0.6) is 11.5 Å². The number of ether oxygens (including phenoxy) is 2. The molecule has 0 atom stereocenters. The molecule has 0 spiro atoms. The third-order valence-electron chi connectivity index (χ3n) is 4.91. The molecule has 2 aromatic rings. The van der Waals surface area contributed by atoms with Crippen LogP contribution in [0.4, 0.5) is 16.3 Å². The van der Waals surface area contributed by atoms with Gasteiger partial charge in [-0.05, 0) is 49.6 Å². The number of fused-ring (bicyclic) bond motifs is 1. The van der Waals surface area contributed by atoms with Crippen molar-refractivity contribution in [2.24, 2.45) is 0 Å². The van der Waals surface area contributed by atoms with Crippen LogP contribution in [0.3, 0.4) is 0 Å². The number of amides is 2. The van der Waals surface area contributed by atoms with Gasteiger partial charge in [0.15, 0.2) is 11.5 Å². The molecule has 4 rings (SSSR count). The first-order valence-corrected chi connectivity index (χ1v) is 9.38. The molecular weight excluding hydrogens is 344 g/mol.